The van der Waals surface area contributed by atoms with E-state index in [0.29, 0.717) is 0 Å². The number of carbonyl (C=O) groups is 1. The van der Waals surface area contributed by atoms with Crippen molar-refractivity contribution in [3.05, 3.63) is 0 Å². The zero-order valence-corrected chi connectivity index (χ0v) is 9.64. The van der Waals surface area contributed by atoms with E-state index in [2.05, 4.69) is 10.6 Å². The van der Waals surface area contributed by atoms with E-state index in [4.69, 9.17) is 0 Å². The molecule has 2 fully saturated rings. The third-order valence-electron chi connectivity index (χ3n) is 3.91. The average Bonchev–Trinajstić information content (AvgIpc) is 2.91. The van der Waals surface area contributed by atoms with Crippen molar-refractivity contribution in [1.29, 1.82) is 0 Å². The van der Waals surface area contributed by atoms with Crippen molar-refractivity contribution in [1.82, 2.24) is 10.6 Å². The van der Waals surface area contributed by atoms with E-state index in [1.54, 1.807) is 0 Å². The fraction of sp³-hybridized carbons (Fsp3) is 0.917. The maximum atomic E-state index is 11.9. The molecule has 2 aliphatic rings. The number of hydrogen-bond acceptors (Lipinski definition) is 2. The maximum absolute atomic E-state index is 11.9. The first-order valence-electron chi connectivity index (χ1n) is 6.20. The van der Waals surface area contributed by atoms with Crippen LogP contribution in [-0.4, -0.2) is 26.0 Å². The number of nitrogens with one attached hydrogen (secondary N) is 2. The van der Waals surface area contributed by atoms with Crippen LogP contribution in [0.5, 0.6) is 0 Å². The Morgan fingerprint density at radius 3 is 2.60 bits per heavy atom. The molecular weight excluding hydrogens is 188 g/mol. The molecule has 0 bridgehead atoms. The summed E-state index contributed by atoms with van der Waals surface area (Å²) >= 11 is 0. The van der Waals surface area contributed by atoms with Crippen LogP contribution in [0.2, 0.25) is 0 Å². The van der Waals surface area contributed by atoms with Crippen LogP contribution in [-0.2, 0) is 4.79 Å². The fourth-order valence-corrected chi connectivity index (χ4v) is 2.33. The van der Waals surface area contributed by atoms with Crippen LogP contribution in [0.4, 0.5) is 0 Å². The van der Waals surface area contributed by atoms with Crippen LogP contribution in [0.15, 0.2) is 0 Å². The molecule has 3 nitrogen and oxygen atoms in total. The molecule has 0 unspecified atom stereocenters. The van der Waals surface area contributed by atoms with Gasteiger partial charge in [0.15, 0.2) is 0 Å². The predicted molar refractivity (Wildman–Crippen MR) is 60.6 cm³/mol. The molecule has 0 aliphatic heterocycles. The lowest BCUT2D eigenvalue weighted by atomic mass is 9.83. The maximum Gasteiger partial charge on any atom is 0.227 e. The average molecular weight is 210 g/mol. The number of carbonyl (C=O) groups excluding carboxylic acids is 1. The van der Waals surface area contributed by atoms with Gasteiger partial charge in [0.2, 0.25) is 5.91 Å². The predicted octanol–water partition coefficient (Wildman–Crippen LogP) is 1.29. The summed E-state index contributed by atoms with van der Waals surface area (Å²) in [6.45, 7) is 1.72. The monoisotopic (exact) mass is 210 g/mol. The number of amides is 1. The van der Waals surface area contributed by atoms with Crippen molar-refractivity contribution in [2.45, 2.75) is 38.5 Å². The first-order chi connectivity index (χ1) is 7.27. The van der Waals surface area contributed by atoms with Crippen LogP contribution < -0.4 is 10.6 Å². The third-order valence-corrected chi connectivity index (χ3v) is 3.91. The molecular formula is C12H22N2O. The molecule has 2 saturated carbocycles. The van der Waals surface area contributed by atoms with E-state index in [9.17, 15) is 4.79 Å². The second-order valence-corrected chi connectivity index (χ2v) is 5.15. The van der Waals surface area contributed by atoms with E-state index < -0.39 is 0 Å². The van der Waals surface area contributed by atoms with E-state index in [1.165, 1.54) is 25.7 Å². The summed E-state index contributed by atoms with van der Waals surface area (Å²) in [5.41, 5.74) is -0.0473. The highest BCUT2D eigenvalue weighted by Gasteiger charge is 2.48. The molecule has 2 N–H and O–H groups in total. The van der Waals surface area contributed by atoms with E-state index >= 15 is 0 Å². The van der Waals surface area contributed by atoms with Gasteiger partial charge in [-0.15, -0.1) is 0 Å². The van der Waals surface area contributed by atoms with Gasteiger partial charge in [0.25, 0.3) is 0 Å². The molecule has 0 heterocycles. The largest absolute Gasteiger partial charge is 0.356 e. The molecule has 1 amide bonds. The Hall–Kier alpha value is -0.570. The topological polar surface area (TPSA) is 41.1 Å². The Balaban J connectivity index is 1.63. The molecule has 0 saturated heterocycles. The summed E-state index contributed by atoms with van der Waals surface area (Å²) in [6.07, 6.45) is 7.44. The molecule has 0 aromatic heterocycles. The normalized spacial score (nSPS) is 23.3. The van der Waals surface area contributed by atoms with E-state index in [-0.39, 0.29) is 11.3 Å². The summed E-state index contributed by atoms with van der Waals surface area (Å²) in [6, 6.07) is 0. The van der Waals surface area contributed by atoms with Crippen LogP contribution in [0.25, 0.3) is 0 Å². The lowest BCUT2D eigenvalue weighted by molar-refractivity contribution is -0.126. The van der Waals surface area contributed by atoms with Crippen molar-refractivity contribution >= 4 is 5.91 Å². The van der Waals surface area contributed by atoms with E-state index in [1.807, 2.05) is 7.05 Å². The van der Waals surface area contributed by atoms with Crippen molar-refractivity contribution in [3.8, 4) is 0 Å². The van der Waals surface area contributed by atoms with Gasteiger partial charge in [-0.1, -0.05) is 19.3 Å². The van der Waals surface area contributed by atoms with Crippen molar-refractivity contribution < 1.29 is 4.79 Å². The van der Waals surface area contributed by atoms with Gasteiger partial charge < -0.3 is 10.6 Å². The number of hydrogen-bond donors (Lipinski definition) is 2. The second-order valence-electron chi connectivity index (χ2n) is 5.15. The van der Waals surface area contributed by atoms with Crippen LogP contribution >= 0.6 is 0 Å². The van der Waals surface area contributed by atoms with Crippen LogP contribution in [0, 0.1) is 11.3 Å². The molecule has 86 valence electrons. The Kier molecular flexibility index (Phi) is 3.29. The molecule has 3 heteroatoms. The molecule has 0 aromatic rings. The molecule has 0 radical (unpaired) electrons. The lowest BCUT2D eigenvalue weighted by Gasteiger charge is -2.25. The van der Waals surface area contributed by atoms with Gasteiger partial charge in [-0.3, -0.25) is 4.79 Å². The molecule has 2 aliphatic carbocycles. The second kappa shape index (κ2) is 4.52. The summed E-state index contributed by atoms with van der Waals surface area (Å²) in [7, 11) is 1.92. The van der Waals surface area contributed by atoms with Gasteiger partial charge in [0.05, 0.1) is 5.41 Å². The molecule has 0 spiro atoms. The molecule has 2 rings (SSSR count). The summed E-state index contributed by atoms with van der Waals surface area (Å²) in [5.74, 6) is 1.17. The first-order valence-corrected chi connectivity index (χ1v) is 6.20. The van der Waals surface area contributed by atoms with Gasteiger partial charge in [0, 0.05) is 13.1 Å². The summed E-state index contributed by atoms with van der Waals surface area (Å²) in [5, 5.41) is 6.20. The summed E-state index contributed by atoms with van der Waals surface area (Å²) < 4.78 is 0. The zero-order valence-electron chi connectivity index (χ0n) is 9.64. The minimum Gasteiger partial charge on any atom is -0.356 e. The fourth-order valence-electron chi connectivity index (χ4n) is 2.33. The zero-order chi connectivity index (χ0) is 10.7. The minimum atomic E-state index is -0.0473. The van der Waals surface area contributed by atoms with Gasteiger partial charge in [-0.2, -0.15) is 0 Å². The minimum absolute atomic E-state index is 0.0473. The lowest BCUT2D eigenvalue weighted by Crippen LogP contribution is -2.38. The van der Waals surface area contributed by atoms with Crippen LogP contribution in [0.1, 0.15) is 38.5 Å². The molecule has 15 heavy (non-hydrogen) atoms. The Morgan fingerprint density at radius 2 is 2.13 bits per heavy atom. The highest BCUT2D eigenvalue weighted by atomic mass is 16.2. The first kappa shape index (κ1) is 10.9. The molecule has 0 atom stereocenters. The van der Waals surface area contributed by atoms with Gasteiger partial charge >= 0.3 is 0 Å². The Bertz CT molecular complexity index is 232. The van der Waals surface area contributed by atoms with Gasteiger partial charge in [-0.25, -0.2) is 0 Å². The SMILES string of the molecule is CNCC1(C(=O)NCCC2CCC2)CC1. The van der Waals surface area contributed by atoms with E-state index in [0.717, 1.165) is 31.8 Å². The third kappa shape index (κ3) is 2.51. The Morgan fingerprint density at radius 1 is 1.40 bits per heavy atom. The number of rotatable bonds is 6. The highest BCUT2D eigenvalue weighted by molar-refractivity contribution is 5.85. The van der Waals surface area contributed by atoms with Crippen LogP contribution in [0.3, 0.4) is 0 Å². The highest BCUT2D eigenvalue weighted by Crippen LogP contribution is 2.45. The summed E-state index contributed by atoms with van der Waals surface area (Å²) in [4.78, 5) is 11.9. The van der Waals surface area contributed by atoms with Gasteiger partial charge in [0.1, 0.15) is 0 Å². The van der Waals surface area contributed by atoms with Crippen molar-refractivity contribution in [2.24, 2.45) is 11.3 Å². The van der Waals surface area contributed by atoms with Crippen molar-refractivity contribution in [2.75, 3.05) is 20.1 Å². The Labute approximate surface area is 92.0 Å². The molecule has 0 aromatic carbocycles. The standard InChI is InChI=1S/C12H22N2O/c1-13-9-12(6-7-12)11(15)14-8-5-10-3-2-4-10/h10,13H,2-9H2,1H3,(H,14,15). The van der Waals surface area contributed by atoms with Crippen molar-refractivity contribution in [3.63, 3.8) is 0 Å². The quantitative estimate of drug-likeness (QED) is 0.693. The van der Waals surface area contributed by atoms with Gasteiger partial charge in [-0.05, 0) is 32.2 Å². The smallest absolute Gasteiger partial charge is 0.227 e.